The Morgan fingerprint density at radius 3 is 2.43 bits per heavy atom. The molecular weight excluding hydrogens is 387 g/mol. The number of carbonyl (C=O) groups excluding carboxylic acids is 1. The smallest absolute Gasteiger partial charge is 0.364 e. The maximum atomic E-state index is 13.3. The van der Waals surface area contributed by atoms with Gasteiger partial charge in [0.2, 0.25) is 0 Å². The van der Waals surface area contributed by atoms with Crippen molar-refractivity contribution in [1.29, 1.82) is 0 Å². The Labute approximate surface area is 170 Å². The monoisotopic (exact) mass is 404 g/mol. The molecule has 0 N–H and O–H groups in total. The first-order valence-corrected chi connectivity index (χ1v) is 9.61. The Morgan fingerprint density at radius 1 is 0.967 bits per heavy atom. The van der Waals surface area contributed by atoms with Crippen LogP contribution in [0.4, 0.5) is 4.39 Å². The van der Waals surface area contributed by atoms with Crippen molar-refractivity contribution in [1.82, 2.24) is 30.0 Å². The molecule has 30 heavy (non-hydrogen) atoms. The molecule has 9 heteroatoms. The van der Waals surface area contributed by atoms with E-state index in [4.69, 9.17) is 4.74 Å². The highest BCUT2D eigenvalue weighted by Crippen LogP contribution is 2.28. The minimum atomic E-state index is -0.510. The summed E-state index contributed by atoms with van der Waals surface area (Å²) in [6.45, 7) is 0. The Hall–Kier alpha value is -3.88. The van der Waals surface area contributed by atoms with E-state index in [0.29, 0.717) is 11.4 Å². The molecule has 0 amide bonds. The van der Waals surface area contributed by atoms with Gasteiger partial charge in [-0.05, 0) is 84.6 Å². The lowest BCUT2D eigenvalue weighted by molar-refractivity contribution is 0.0727. The number of aromatic nitrogens is 6. The van der Waals surface area contributed by atoms with Gasteiger partial charge in [0, 0.05) is 11.3 Å². The summed E-state index contributed by atoms with van der Waals surface area (Å²) < 4.78 is 22.1. The van der Waals surface area contributed by atoms with Crippen molar-refractivity contribution >= 4 is 5.97 Å². The minimum absolute atomic E-state index is 0.304. The first kappa shape index (κ1) is 18.2. The van der Waals surface area contributed by atoms with E-state index < -0.39 is 5.97 Å². The first-order chi connectivity index (χ1) is 14.7. The number of tetrazole rings is 1. The third-order valence-corrected chi connectivity index (χ3v) is 5.11. The molecular formula is C21H17FN6O2. The second-order valence-corrected chi connectivity index (χ2v) is 7.01. The van der Waals surface area contributed by atoms with Crippen molar-refractivity contribution in [3.63, 3.8) is 0 Å². The van der Waals surface area contributed by atoms with Gasteiger partial charge in [0.1, 0.15) is 17.9 Å². The fourth-order valence-corrected chi connectivity index (χ4v) is 3.66. The number of rotatable bonds is 4. The molecule has 1 aliphatic rings. The standard InChI is InChI=1S/C21H17FN6O2/c22-14-5-7-16(8-6-14)28-19-4-2-1-3-18(19)20(24-28)21(29)30-17-11-9-15(10-12-17)27-13-23-25-26-27/h5-13H,1-4H2. The van der Waals surface area contributed by atoms with Crippen LogP contribution in [0.15, 0.2) is 54.9 Å². The summed E-state index contributed by atoms with van der Waals surface area (Å²) in [7, 11) is 0. The second kappa shape index (κ2) is 7.51. The number of ether oxygens (including phenoxy) is 1. The highest BCUT2D eigenvalue weighted by molar-refractivity contribution is 5.91. The number of halogens is 1. The van der Waals surface area contributed by atoms with E-state index in [1.54, 1.807) is 41.1 Å². The predicted molar refractivity (Wildman–Crippen MR) is 104 cm³/mol. The van der Waals surface area contributed by atoms with Gasteiger partial charge in [0.25, 0.3) is 0 Å². The van der Waals surface area contributed by atoms with Crippen LogP contribution in [-0.2, 0) is 12.8 Å². The fraction of sp³-hybridized carbons (Fsp3) is 0.190. The number of nitrogens with zero attached hydrogens (tertiary/aromatic N) is 6. The molecule has 4 aromatic rings. The molecule has 0 atom stereocenters. The topological polar surface area (TPSA) is 87.7 Å². The van der Waals surface area contributed by atoms with Crippen LogP contribution in [0.25, 0.3) is 11.4 Å². The molecule has 0 aliphatic heterocycles. The van der Waals surface area contributed by atoms with Crippen LogP contribution in [0.2, 0.25) is 0 Å². The highest BCUT2D eigenvalue weighted by Gasteiger charge is 2.27. The molecule has 8 nitrogen and oxygen atoms in total. The van der Waals surface area contributed by atoms with Gasteiger partial charge >= 0.3 is 5.97 Å². The summed E-state index contributed by atoms with van der Waals surface area (Å²) in [6.07, 6.45) is 5.07. The molecule has 2 aromatic heterocycles. The summed E-state index contributed by atoms with van der Waals surface area (Å²) in [5.41, 5.74) is 3.66. The van der Waals surface area contributed by atoms with E-state index >= 15 is 0 Å². The van der Waals surface area contributed by atoms with Gasteiger partial charge in [-0.2, -0.15) is 5.10 Å². The molecule has 0 radical (unpaired) electrons. The van der Waals surface area contributed by atoms with Crippen LogP contribution in [0.5, 0.6) is 5.75 Å². The van der Waals surface area contributed by atoms with Crippen molar-refractivity contribution in [3.05, 3.63) is 77.6 Å². The zero-order valence-electron chi connectivity index (χ0n) is 15.9. The van der Waals surface area contributed by atoms with Gasteiger partial charge in [-0.3, -0.25) is 0 Å². The zero-order valence-corrected chi connectivity index (χ0v) is 15.9. The van der Waals surface area contributed by atoms with E-state index in [-0.39, 0.29) is 5.82 Å². The van der Waals surface area contributed by atoms with E-state index in [1.807, 2.05) is 0 Å². The number of carbonyl (C=O) groups is 1. The molecule has 1 aliphatic carbocycles. The maximum absolute atomic E-state index is 13.3. The summed E-state index contributed by atoms with van der Waals surface area (Å²) in [5, 5.41) is 15.6. The lowest BCUT2D eigenvalue weighted by Crippen LogP contribution is -2.13. The summed E-state index contributed by atoms with van der Waals surface area (Å²) in [5.74, 6) is -0.425. The van der Waals surface area contributed by atoms with Crippen molar-refractivity contribution in [2.75, 3.05) is 0 Å². The van der Waals surface area contributed by atoms with Crippen LogP contribution in [-0.4, -0.2) is 36.0 Å². The lowest BCUT2D eigenvalue weighted by Gasteiger charge is -2.14. The summed E-state index contributed by atoms with van der Waals surface area (Å²) in [4.78, 5) is 12.9. The molecule has 0 bridgehead atoms. The Bertz CT molecular complexity index is 1180. The molecule has 0 spiro atoms. The van der Waals surface area contributed by atoms with Crippen LogP contribution in [0.3, 0.4) is 0 Å². The van der Waals surface area contributed by atoms with Gasteiger partial charge in [-0.15, -0.1) is 5.10 Å². The number of benzene rings is 2. The molecule has 5 rings (SSSR count). The molecule has 2 aromatic carbocycles. The Balaban J connectivity index is 1.43. The maximum Gasteiger partial charge on any atom is 0.364 e. The number of hydrogen-bond acceptors (Lipinski definition) is 6. The van der Waals surface area contributed by atoms with Gasteiger partial charge in [-0.1, -0.05) is 0 Å². The van der Waals surface area contributed by atoms with E-state index in [9.17, 15) is 9.18 Å². The molecule has 0 saturated heterocycles. The van der Waals surface area contributed by atoms with Gasteiger partial charge < -0.3 is 4.74 Å². The Kier molecular flexibility index (Phi) is 4.55. The van der Waals surface area contributed by atoms with E-state index in [1.165, 1.54) is 23.1 Å². The average Bonchev–Trinajstić information content (AvgIpc) is 3.43. The average molecular weight is 404 g/mol. The third-order valence-electron chi connectivity index (χ3n) is 5.11. The van der Waals surface area contributed by atoms with Crippen molar-refractivity contribution in [3.8, 4) is 17.1 Å². The quantitative estimate of drug-likeness (QED) is 0.384. The normalized spacial score (nSPS) is 13.1. The van der Waals surface area contributed by atoms with Gasteiger partial charge in [0.05, 0.1) is 11.4 Å². The Morgan fingerprint density at radius 2 is 1.70 bits per heavy atom. The van der Waals surface area contributed by atoms with Gasteiger partial charge in [-0.25, -0.2) is 18.5 Å². The van der Waals surface area contributed by atoms with E-state index in [0.717, 1.165) is 48.3 Å². The number of hydrogen-bond donors (Lipinski definition) is 0. The third kappa shape index (κ3) is 3.34. The first-order valence-electron chi connectivity index (χ1n) is 9.61. The van der Waals surface area contributed by atoms with Crippen LogP contribution in [0.1, 0.15) is 34.6 Å². The molecule has 0 fully saturated rings. The molecule has 2 heterocycles. The minimum Gasteiger partial charge on any atom is -0.422 e. The molecule has 0 saturated carbocycles. The second-order valence-electron chi connectivity index (χ2n) is 7.01. The summed E-state index contributed by atoms with van der Waals surface area (Å²) >= 11 is 0. The fourth-order valence-electron chi connectivity index (χ4n) is 3.66. The molecule has 0 unspecified atom stereocenters. The predicted octanol–water partition coefficient (Wildman–Crippen LogP) is 3.09. The van der Waals surface area contributed by atoms with Crippen LogP contribution < -0.4 is 4.74 Å². The number of esters is 1. The number of fused-ring (bicyclic) bond motifs is 1. The SMILES string of the molecule is O=C(Oc1ccc(-n2cnnn2)cc1)c1nn(-c2ccc(F)cc2)c2c1CCCC2. The molecule has 150 valence electrons. The summed E-state index contributed by atoms with van der Waals surface area (Å²) in [6, 6.07) is 13.0. The van der Waals surface area contributed by atoms with Crippen molar-refractivity contribution in [2.45, 2.75) is 25.7 Å². The van der Waals surface area contributed by atoms with Crippen molar-refractivity contribution < 1.29 is 13.9 Å². The van der Waals surface area contributed by atoms with Crippen LogP contribution >= 0.6 is 0 Å². The van der Waals surface area contributed by atoms with Crippen molar-refractivity contribution in [2.24, 2.45) is 0 Å². The van der Waals surface area contributed by atoms with Gasteiger partial charge in [0.15, 0.2) is 5.69 Å². The zero-order chi connectivity index (χ0) is 20.5. The van der Waals surface area contributed by atoms with Crippen LogP contribution in [0, 0.1) is 5.82 Å². The van der Waals surface area contributed by atoms with E-state index in [2.05, 4.69) is 20.6 Å². The largest absolute Gasteiger partial charge is 0.422 e. The highest BCUT2D eigenvalue weighted by atomic mass is 19.1. The lowest BCUT2D eigenvalue weighted by atomic mass is 9.95.